The number of ether oxygens (including phenoxy) is 2. The third-order valence-corrected chi connectivity index (χ3v) is 5.13. The molecule has 0 aliphatic heterocycles. The molecule has 5 heteroatoms. The highest BCUT2D eigenvalue weighted by molar-refractivity contribution is 5.82. The van der Waals surface area contributed by atoms with E-state index in [0.29, 0.717) is 30.8 Å². The van der Waals surface area contributed by atoms with Crippen LogP contribution in [-0.4, -0.2) is 18.5 Å². The maximum absolute atomic E-state index is 14.9. The van der Waals surface area contributed by atoms with E-state index in [1.807, 2.05) is 30.3 Å². The van der Waals surface area contributed by atoms with Crippen molar-refractivity contribution in [3.05, 3.63) is 103 Å². The molecule has 0 saturated carbocycles. The first-order valence-corrected chi connectivity index (χ1v) is 10.4. The molecular formula is C27H25FO4. The summed E-state index contributed by atoms with van der Waals surface area (Å²) < 4.78 is 25.0. The van der Waals surface area contributed by atoms with Gasteiger partial charge in [0.2, 0.25) is 0 Å². The molecule has 0 saturated heterocycles. The zero-order chi connectivity index (χ0) is 22.9. The summed E-state index contributed by atoms with van der Waals surface area (Å²) in [5.74, 6) is -0.649. The maximum atomic E-state index is 14.9. The van der Waals surface area contributed by atoms with Crippen molar-refractivity contribution in [1.82, 2.24) is 0 Å². The predicted octanol–water partition coefficient (Wildman–Crippen LogP) is 5.94. The highest BCUT2D eigenvalue weighted by atomic mass is 19.1. The van der Waals surface area contributed by atoms with Gasteiger partial charge in [-0.25, -0.2) is 14.0 Å². The lowest BCUT2D eigenvalue weighted by molar-refractivity contribution is -0.138. The van der Waals surface area contributed by atoms with Crippen LogP contribution in [0.4, 0.5) is 4.39 Å². The zero-order valence-corrected chi connectivity index (χ0v) is 17.8. The molecule has 2 aromatic rings. The molecule has 1 aliphatic rings. The summed E-state index contributed by atoms with van der Waals surface area (Å²) in [5.41, 5.74) is 4.25. The molecule has 3 rings (SSSR count). The van der Waals surface area contributed by atoms with Crippen LogP contribution in [-0.2, 0) is 25.5 Å². The van der Waals surface area contributed by atoms with Crippen molar-refractivity contribution in [1.29, 1.82) is 0 Å². The Kier molecular flexibility index (Phi) is 7.92. The van der Waals surface area contributed by atoms with E-state index in [1.165, 1.54) is 6.07 Å². The summed E-state index contributed by atoms with van der Waals surface area (Å²) in [6.07, 6.45) is 8.37. The third kappa shape index (κ3) is 6.14. The van der Waals surface area contributed by atoms with E-state index in [0.717, 1.165) is 47.3 Å². The Balaban J connectivity index is 1.64. The maximum Gasteiger partial charge on any atom is 0.335 e. The van der Waals surface area contributed by atoms with Crippen LogP contribution in [0, 0.1) is 5.82 Å². The molecule has 0 aromatic heterocycles. The van der Waals surface area contributed by atoms with Gasteiger partial charge in [0.1, 0.15) is 11.6 Å². The average Bonchev–Trinajstić information content (AvgIpc) is 2.82. The number of aryl methyl sites for hydroxylation is 1. The summed E-state index contributed by atoms with van der Waals surface area (Å²) >= 11 is 0. The van der Waals surface area contributed by atoms with Crippen molar-refractivity contribution < 1.29 is 23.5 Å². The lowest BCUT2D eigenvalue weighted by Crippen LogP contribution is -2.03. The summed E-state index contributed by atoms with van der Waals surface area (Å²) in [7, 11) is 0. The van der Waals surface area contributed by atoms with E-state index >= 15 is 0 Å². The minimum atomic E-state index is -0.495. The molecule has 0 heterocycles. The fraction of sp³-hybridized carbons (Fsp3) is 0.185. The van der Waals surface area contributed by atoms with Crippen molar-refractivity contribution in [3.8, 4) is 11.1 Å². The minimum Gasteiger partial charge on any atom is -0.463 e. The number of rotatable bonds is 9. The van der Waals surface area contributed by atoms with Crippen LogP contribution in [0.25, 0.3) is 16.7 Å². The standard InChI is InChI=1S/C27H25FO4/c1-3-26(29)31-17-5-6-19-7-9-20(10-8-19)22-13-16-24(25(28)18-22)21-11-14-23(15-12-21)32-27(30)4-2/h3-4,7-11,13-14,16,18H,1-2,5-6,12,15,17H2. The zero-order valence-electron chi connectivity index (χ0n) is 17.8. The first kappa shape index (κ1) is 22.9. The fourth-order valence-electron chi connectivity index (χ4n) is 3.43. The van der Waals surface area contributed by atoms with E-state index in [9.17, 15) is 14.0 Å². The van der Waals surface area contributed by atoms with Gasteiger partial charge < -0.3 is 9.47 Å². The summed E-state index contributed by atoms with van der Waals surface area (Å²) in [5, 5.41) is 0. The molecule has 0 amide bonds. The molecule has 4 nitrogen and oxygen atoms in total. The first-order valence-electron chi connectivity index (χ1n) is 10.4. The molecule has 0 fully saturated rings. The second-order valence-electron chi connectivity index (χ2n) is 7.32. The van der Waals surface area contributed by atoms with Crippen molar-refractivity contribution >= 4 is 17.5 Å². The first-order chi connectivity index (χ1) is 15.5. The third-order valence-electron chi connectivity index (χ3n) is 5.13. The second-order valence-corrected chi connectivity index (χ2v) is 7.32. The molecule has 32 heavy (non-hydrogen) atoms. The highest BCUT2D eigenvalue weighted by Gasteiger charge is 2.15. The van der Waals surface area contributed by atoms with Gasteiger partial charge in [0.05, 0.1) is 6.61 Å². The Hall–Kier alpha value is -3.73. The van der Waals surface area contributed by atoms with Crippen molar-refractivity contribution in [2.45, 2.75) is 25.7 Å². The molecule has 2 aromatic carbocycles. The molecule has 0 bridgehead atoms. The number of hydrogen-bond donors (Lipinski definition) is 0. The van der Waals surface area contributed by atoms with Crippen LogP contribution in [0.2, 0.25) is 0 Å². The quantitative estimate of drug-likeness (QED) is 0.279. The summed E-state index contributed by atoms with van der Waals surface area (Å²) in [4.78, 5) is 22.3. The Labute approximate surface area is 187 Å². The average molecular weight is 432 g/mol. The van der Waals surface area contributed by atoms with Gasteiger partial charge in [-0.05, 0) is 53.7 Å². The van der Waals surface area contributed by atoms with Crippen LogP contribution in [0.3, 0.4) is 0 Å². The van der Waals surface area contributed by atoms with E-state index in [1.54, 1.807) is 18.2 Å². The molecule has 0 unspecified atom stereocenters. The number of carbonyl (C=O) groups excluding carboxylic acids is 2. The van der Waals surface area contributed by atoms with Crippen LogP contribution in [0.5, 0.6) is 0 Å². The van der Waals surface area contributed by atoms with E-state index in [2.05, 4.69) is 13.2 Å². The largest absolute Gasteiger partial charge is 0.463 e. The Morgan fingerprint density at radius 2 is 1.66 bits per heavy atom. The Morgan fingerprint density at radius 1 is 0.938 bits per heavy atom. The van der Waals surface area contributed by atoms with Crippen molar-refractivity contribution in [2.75, 3.05) is 6.61 Å². The molecule has 0 spiro atoms. The van der Waals surface area contributed by atoms with Gasteiger partial charge in [0, 0.05) is 24.1 Å². The van der Waals surface area contributed by atoms with Crippen molar-refractivity contribution in [3.63, 3.8) is 0 Å². The Bertz CT molecular complexity index is 1080. The lowest BCUT2D eigenvalue weighted by atomic mass is 9.94. The van der Waals surface area contributed by atoms with Crippen LogP contribution < -0.4 is 0 Å². The normalized spacial score (nSPS) is 12.9. The summed E-state index contributed by atoms with van der Waals surface area (Å²) in [6, 6.07) is 13.1. The van der Waals surface area contributed by atoms with Gasteiger partial charge in [-0.3, -0.25) is 0 Å². The molecule has 1 aliphatic carbocycles. The van der Waals surface area contributed by atoms with Gasteiger partial charge in [-0.1, -0.05) is 55.6 Å². The smallest absolute Gasteiger partial charge is 0.335 e. The number of allylic oxidation sites excluding steroid dienone is 4. The van der Waals surface area contributed by atoms with E-state index in [4.69, 9.17) is 9.47 Å². The van der Waals surface area contributed by atoms with E-state index in [-0.39, 0.29) is 5.82 Å². The van der Waals surface area contributed by atoms with Gasteiger partial charge in [-0.2, -0.15) is 0 Å². The van der Waals surface area contributed by atoms with Crippen LogP contribution in [0.1, 0.15) is 30.4 Å². The lowest BCUT2D eigenvalue weighted by Gasteiger charge is -2.15. The number of carbonyl (C=O) groups is 2. The summed E-state index contributed by atoms with van der Waals surface area (Å²) in [6.45, 7) is 7.09. The second kappa shape index (κ2) is 11.0. The SMILES string of the molecule is C=CC(=O)OCCCc1ccc(-c2ccc(C3=CC=C(OC(=O)C=C)CC3)c(F)c2)cc1. The molecule has 0 radical (unpaired) electrons. The molecule has 0 atom stereocenters. The van der Waals surface area contributed by atoms with Crippen molar-refractivity contribution in [2.24, 2.45) is 0 Å². The Morgan fingerprint density at radius 3 is 2.28 bits per heavy atom. The number of benzene rings is 2. The minimum absolute atomic E-state index is 0.290. The predicted molar refractivity (Wildman–Crippen MR) is 123 cm³/mol. The van der Waals surface area contributed by atoms with Crippen LogP contribution in [0.15, 0.2) is 85.7 Å². The van der Waals surface area contributed by atoms with Gasteiger partial charge in [0.15, 0.2) is 0 Å². The topological polar surface area (TPSA) is 52.6 Å². The van der Waals surface area contributed by atoms with Crippen LogP contribution >= 0.6 is 0 Å². The number of esters is 2. The molecular weight excluding hydrogens is 407 g/mol. The van der Waals surface area contributed by atoms with Gasteiger partial charge in [-0.15, -0.1) is 0 Å². The molecule has 0 N–H and O–H groups in total. The number of halogens is 1. The van der Waals surface area contributed by atoms with Gasteiger partial charge in [0.25, 0.3) is 0 Å². The van der Waals surface area contributed by atoms with Gasteiger partial charge >= 0.3 is 11.9 Å². The monoisotopic (exact) mass is 432 g/mol. The number of hydrogen-bond acceptors (Lipinski definition) is 4. The fourth-order valence-corrected chi connectivity index (χ4v) is 3.43. The highest BCUT2D eigenvalue weighted by Crippen LogP contribution is 2.31. The van der Waals surface area contributed by atoms with E-state index < -0.39 is 11.9 Å². The molecule has 164 valence electrons.